The zero-order valence-corrected chi connectivity index (χ0v) is 11.3. The molecule has 21 heavy (non-hydrogen) atoms. The minimum Gasteiger partial charge on any atom is -0.309 e. The first-order valence-electron chi connectivity index (χ1n) is 6.87. The van der Waals surface area contributed by atoms with Gasteiger partial charge in [0.1, 0.15) is 0 Å². The highest BCUT2D eigenvalue weighted by molar-refractivity contribution is 6.09. The summed E-state index contributed by atoms with van der Waals surface area (Å²) in [6.45, 7) is 0. The lowest BCUT2D eigenvalue weighted by atomic mass is 10.1. The van der Waals surface area contributed by atoms with Gasteiger partial charge in [0.2, 0.25) is 0 Å². The average Bonchev–Trinajstić information content (AvgIpc) is 2.89. The summed E-state index contributed by atoms with van der Waals surface area (Å²) in [4.78, 5) is 0. The Morgan fingerprint density at radius 1 is 0.714 bits per heavy atom. The molecule has 0 saturated heterocycles. The second kappa shape index (κ2) is 4.50. The molecule has 0 N–H and O–H groups in total. The molecule has 0 unspecified atom stereocenters. The van der Waals surface area contributed by atoms with Crippen LogP contribution in [0.2, 0.25) is 0 Å². The number of nitrogens with zero attached hydrogens (tertiary/aromatic N) is 2. The number of para-hydroxylation sites is 2. The van der Waals surface area contributed by atoms with Crippen molar-refractivity contribution in [2.75, 3.05) is 0 Å². The van der Waals surface area contributed by atoms with Crippen LogP contribution in [0.3, 0.4) is 0 Å². The fraction of sp³-hybridized carbons (Fsp3) is 0. The lowest BCUT2D eigenvalue weighted by Gasteiger charge is -2.07. The maximum atomic E-state index is 9.14. The molecule has 4 rings (SSSR count). The predicted octanol–water partition coefficient (Wildman–Crippen LogP) is 4.66. The van der Waals surface area contributed by atoms with Crippen molar-refractivity contribution in [2.24, 2.45) is 0 Å². The third-order valence-corrected chi connectivity index (χ3v) is 3.82. The van der Waals surface area contributed by atoms with Crippen LogP contribution in [0.1, 0.15) is 5.56 Å². The maximum Gasteiger partial charge on any atom is 0.0991 e. The second-order valence-corrected chi connectivity index (χ2v) is 5.03. The van der Waals surface area contributed by atoms with Gasteiger partial charge in [0.05, 0.1) is 22.7 Å². The van der Waals surface area contributed by atoms with Gasteiger partial charge >= 0.3 is 0 Å². The number of rotatable bonds is 1. The van der Waals surface area contributed by atoms with Crippen molar-refractivity contribution in [1.29, 1.82) is 5.26 Å². The van der Waals surface area contributed by atoms with Gasteiger partial charge in [-0.05, 0) is 36.4 Å². The number of benzene rings is 3. The summed E-state index contributed by atoms with van der Waals surface area (Å²) in [7, 11) is 0. The van der Waals surface area contributed by atoms with Crippen molar-refractivity contribution in [3.05, 3.63) is 78.4 Å². The summed E-state index contributed by atoms with van der Waals surface area (Å²) in [5, 5.41) is 11.4. The van der Waals surface area contributed by atoms with Gasteiger partial charge in [0.25, 0.3) is 0 Å². The van der Waals surface area contributed by atoms with E-state index in [1.165, 1.54) is 5.39 Å². The Morgan fingerprint density at radius 2 is 1.43 bits per heavy atom. The summed E-state index contributed by atoms with van der Waals surface area (Å²) in [5.74, 6) is 0. The molecular formula is C19H12N2. The molecule has 3 aromatic carbocycles. The first-order valence-corrected chi connectivity index (χ1v) is 6.87. The highest BCUT2D eigenvalue weighted by Gasteiger charge is 2.11. The van der Waals surface area contributed by atoms with Crippen LogP contribution in [-0.4, -0.2) is 4.57 Å². The van der Waals surface area contributed by atoms with E-state index in [0.717, 1.165) is 22.1 Å². The fourth-order valence-electron chi connectivity index (χ4n) is 2.90. The molecule has 98 valence electrons. The monoisotopic (exact) mass is 268 g/mol. The zero-order chi connectivity index (χ0) is 14.2. The Morgan fingerprint density at radius 3 is 2.24 bits per heavy atom. The summed E-state index contributed by atoms with van der Waals surface area (Å²) >= 11 is 0. The molecule has 2 nitrogen and oxygen atoms in total. The zero-order valence-electron chi connectivity index (χ0n) is 11.3. The molecule has 1 aromatic heterocycles. The van der Waals surface area contributed by atoms with Gasteiger partial charge in [-0.15, -0.1) is 0 Å². The van der Waals surface area contributed by atoms with E-state index in [9.17, 15) is 0 Å². The summed E-state index contributed by atoms with van der Waals surface area (Å²) in [6, 6.07) is 26.7. The largest absolute Gasteiger partial charge is 0.309 e. The highest BCUT2D eigenvalue weighted by atomic mass is 15.0. The summed E-state index contributed by atoms with van der Waals surface area (Å²) in [6.07, 6.45) is 0. The first kappa shape index (κ1) is 11.7. The van der Waals surface area contributed by atoms with Crippen LogP contribution in [-0.2, 0) is 0 Å². The normalized spacial score (nSPS) is 10.8. The van der Waals surface area contributed by atoms with Crippen LogP contribution in [0.4, 0.5) is 0 Å². The topological polar surface area (TPSA) is 28.7 Å². The van der Waals surface area contributed by atoms with E-state index in [1.807, 2.05) is 48.5 Å². The van der Waals surface area contributed by atoms with E-state index >= 15 is 0 Å². The standard InChI is InChI=1S/C19H12N2/c20-13-14-10-11-19-17(12-14)16-8-4-5-9-18(16)21(19)15-6-2-1-3-7-15/h1-12H. The van der Waals surface area contributed by atoms with Crippen molar-refractivity contribution in [2.45, 2.75) is 0 Å². The van der Waals surface area contributed by atoms with Crippen molar-refractivity contribution in [3.8, 4) is 11.8 Å². The van der Waals surface area contributed by atoms with Gasteiger partial charge in [-0.1, -0.05) is 36.4 Å². The molecular weight excluding hydrogens is 256 g/mol. The molecule has 0 amide bonds. The van der Waals surface area contributed by atoms with Crippen molar-refractivity contribution >= 4 is 21.8 Å². The van der Waals surface area contributed by atoms with Crippen molar-refractivity contribution < 1.29 is 0 Å². The Bertz CT molecular complexity index is 989. The smallest absolute Gasteiger partial charge is 0.0991 e. The first-order chi connectivity index (χ1) is 10.4. The minimum absolute atomic E-state index is 0.693. The van der Waals surface area contributed by atoms with Crippen LogP contribution in [0.25, 0.3) is 27.5 Å². The van der Waals surface area contributed by atoms with Crippen molar-refractivity contribution in [3.63, 3.8) is 0 Å². The molecule has 0 aliphatic rings. The Balaban J connectivity index is 2.21. The van der Waals surface area contributed by atoms with E-state index in [1.54, 1.807) is 0 Å². The van der Waals surface area contributed by atoms with Crippen LogP contribution in [0, 0.1) is 11.3 Å². The quantitative estimate of drug-likeness (QED) is 0.493. The lowest BCUT2D eigenvalue weighted by Crippen LogP contribution is -1.92. The van der Waals surface area contributed by atoms with E-state index < -0.39 is 0 Å². The van der Waals surface area contributed by atoms with Crippen LogP contribution < -0.4 is 0 Å². The van der Waals surface area contributed by atoms with Crippen LogP contribution in [0.15, 0.2) is 72.8 Å². The molecule has 0 aliphatic carbocycles. The second-order valence-electron chi connectivity index (χ2n) is 5.03. The molecule has 2 heteroatoms. The van der Waals surface area contributed by atoms with Gasteiger partial charge in [-0.25, -0.2) is 0 Å². The third kappa shape index (κ3) is 1.72. The molecule has 0 spiro atoms. The van der Waals surface area contributed by atoms with Gasteiger partial charge in [-0.3, -0.25) is 0 Å². The lowest BCUT2D eigenvalue weighted by molar-refractivity contribution is 1.18. The van der Waals surface area contributed by atoms with Crippen LogP contribution in [0.5, 0.6) is 0 Å². The number of nitriles is 1. The van der Waals surface area contributed by atoms with E-state index in [-0.39, 0.29) is 0 Å². The van der Waals surface area contributed by atoms with Gasteiger partial charge < -0.3 is 4.57 Å². The Labute approximate surface area is 122 Å². The van der Waals surface area contributed by atoms with Gasteiger partial charge in [0.15, 0.2) is 0 Å². The van der Waals surface area contributed by atoms with Crippen molar-refractivity contribution in [1.82, 2.24) is 4.57 Å². The molecule has 0 radical (unpaired) electrons. The SMILES string of the molecule is N#Cc1ccc2c(c1)c1ccccc1n2-c1ccccc1. The maximum absolute atomic E-state index is 9.14. The number of hydrogen-bond acceptors (Lipinski definition) is 1. The Hall–Kier alpha value is -3.05. The average molecular weight is 268 g/mol. The van der Waals surface area contributed by atoms with E-state index in [0.29, 0.717) is 5.56 Å². The fourth-order valence-corrected chi connectivity index (χ4v) is 2.90. The molecule has 1 heterocycles. The predicted molar refractivity (Wildman–Crippen MR) is 85.5 cm³/mol. The number of hydrogen-bond donors (Lipinski definition) is 0. The highest BCUT2D eigenvalue weighted by Crippen LogP contribution is 2.32. The molecule has 0 bridgehead atoms. The summed E-state index contributed by atoms with van der Waals surface area (Å²) < 4.78 is 2.24. The third-order valence-electron chi connectivity index (χ3n) is 3.82. The molecule has 0 aliphatic heterocycles. The molecule has 0 atom stereocenters. The van der Waals surface area contributed by atoms with Gasteiger partial charge in [-0.2, -0.15) is 5.26 Å². The Kier molecular flexibility index (Phi) is 2.52. The number of aromatic nitrogens is 1. The van der Waals surface area contributed by atoms with Gasteiger partial charge in [0, 0.05) is 16.5 Å². The van der Waals surface area contributed by atoms with E-state index in [4.69, 9.17) is 5.26 Å². The minimum atomic E-state index is 0.693. The van der Waals surface area contributed by atoms with Crippen LogP contribution >= 0.6 is 0 Å². The van der Waals surface area contributed by atoms with E-state index in [2.05, 4.69) is 34.9 Å². The molecule has 0 fully saturated rings. The summed E-state index contributed by atoms with van der Waals surface area (Å²) in [5.41, 5.74) is 4.11. The number of fused-ring (bicyclic) bond motifs is 3. The molecule has 4 aromatic rings. The molecule has 0 saturated carbocycles.